The van der Waals surface area contributed by atoms with E-state index in [4.69, 9.17) is 9.47 Å². The van der Waals surface area contributed by atoms with Crippen LogP contribution in [0.4, 0.5) is 0 Å². The zero-order chi connectivity index (χ0) is 15.1. The van der Waals surface area contributed by atoms with E-state index in [1.165, 1.54) is 12.7 Å². The molecule has 1 aliphatic rings. The third-order valence-corrected chi connectivity index (χ3v) is 3.70. The molecule has 1 aromatic carbocycles. The molecule has 21 heavy (non-hydrogen) atoms. The van der Waals surface area contributed by atoms with Gasteiger partial charge in [0.05, 0.1) is 7.11 Å². The van der Waals surface area contributed by atoms with E-state index in [0.717, 1.165) is 38.3 Å². The van der Waals surface area contributed by atoms with Crippen LogP contribution in [0, 0.1) is 0 Å². The fourth-order valence-corrected chi connectivity index (χ4v) is 2.57. The van der Waals surface area contributed by atoms with Gasteiger partial charge in [-0.05, 0) is 19.0 Å². The van der Waals surface area contributed by atoms with Crippen LogP contribution < -0.4 is 10.1 Å². The molecule has 5 heteroatoms. The lowest BCUT2D eigenvalue weighted by molar-refractivity contribution is -0.143. The summed E-state index contributed by atoms with van der Waals surface area (Å²) < 4.78 is 10.6. The Bertz CT molecular complexity index is 465. The molecule has 1 atom stereocenters. The number of carbonyl (C=O) groups excluding carboxylic acids is 1. The highest BCUT2D eigenvalue weighted by molar-refractivity contribution is 5.75. The number of benzene rings is 1. The van der Waals surface area contributed by atoms with Crippen molar-refractivity contribution in [2.45, 2.75) is 25.9 Å². The lowest BCUT2D eigenvalue weighted by Gasteiger charge is -2.22. The lowest BCUT2D eigenvalue weighted by Crippen LogP contribution is -2.40. The van der Waals surface area contributed by atoms with E-state index < -0.39 is 0 Å². The van der Waals surface area contributed by atoms with E-state index in [2.05, 4.69) is 16.3 Å². The number of ether oxygens (including phenoxy) is 2. The lowest BCUT2D eigenvalue weighted by atomic mass is 10.1. The quantitative estimate of drug-likeness (QED) is 0.804. The zero-order valence-corrected chi connectivity index (χ0v) is 12.8. The van der Waals surface area contributed by atoms with Gasteiger partial charge >= 0.3 is 5.97 Å². The normalized spacial score (nSPS) is 16.5. The van der Waals surface area contributed by atoms with Crippen molar-refractivity contribution in [3.8, 4) is 5.75 Å². The predicted molar refractivity (Wildman–Crippen MR) is 81.3 cm³/mol. The molecule has 0 amide bonds. The molecule has 2 rings (SSSR count). The molecule has 0 saturated heterocycles. The highest BCUT2D eigenvalue weighted by Crippen LogP contribution is 2.22. The molecule has 0 aromatic heterocycles. The molecule has 0 radical (unpaired) electrons. The maximum atomic E-state index is 11.7. The Morgan fingerprint density at radius 3 is 3.05 bits per heavy atom. The molecule has 1 heterocycles. The molecule has 0 aliphatic carbocycles. The second-order valence-corrected chi connectivity index (χ2v) is 5.15. The van der Waals surface area contributed by atoms with E-state index in [1.807, 2.05) is 25.1 Å². The van der Waals surface area contributed by atoms with Crippen LogP contribution in [0.1, 0.15) is 18.9 Å². The van der Waals surface area contributed by atoms with Crippen LogP contribution in [0.15, 0.2) is 24.3 Å². The minimum atomic E-state index is -0.237. The molecule has 116 valence electrons. The highest BCUT2D eigenvalue weighted by Gasteiger charge is 2.20. The van der Waals surface area contributed by atoms with E-state index in [1.54, 1.807) is 0 Å². The number of carbonyl (C=O) groups is 1. The summed E-state index contributed by atoms with van der Waals surface area (Å²) >= 11 is 0. The van der Waals surface area contributed by atoms with Crippen molar-refractivity contribution in [3.05, 3.63) is 29.8 Å². The van der Waals surface area contributed by atoms with Crippen molar-refractivity contribution < 1.29 is 14.3 Å². The zero-order valence-electron chi connectivity index (χ0n) is 12.8. The van der Waals surface area contributed by atoms with Gasteiger partial charge in [0.1, 0.15) is 18.4 Å². The Morgan fingerprint density at radius 1 is 1.48 bits per heavy atom. The summed E-state index contributed by atoms with van der Waals surface area (Å²) in [5.41, 5.74) is 1.20. The first-order valence-electron chi connectivity index (χ1n) is 7.49. The van der Waals surface area contributed by atoms with E-state index in [0.29, 0.717) is 6.61 Å². The summed E-state index contributed by atoms with van der Waals surface area (Å²) in [6, 6.07) is 7.89. The summed E-state index contributed by atoms with van der Waals surface area (Å²) in [4.78, 5) is 14.0. The Hall–Kier alpha value is -1.59. The number of likely N-dealkylation sites (N-methyl/N-ethyl adjacent to an activating group) is 1. The van der Waals surface area contributed by atoms with Gasteiger partial charge < -0.3 is 14.8 Å². The Kier molecular flexibility index (Phi) is 6.02. The summed E-state index contributed by atoms with van der Waals surface area (Å²) in [5.74, 6) is 0.777. The summed E-state index contributed by atoms with van der Waals surface area (Å²) in [5, 5.41) is 3.18. The fourth-order valence-electron chi connectivity index (χ4n) is 2.57. The average Bonchev–Trinajstić information content (AvgIpc) is 2.72. The predicted octanol–water partition coefficient (Wildman–Crippen LogP) is 1.42. The second-order valence-electron chi connectivity index (χ2n) is 5.15. The van der Waals surface area contributed by atoms with E-state index in [-0.39, 0.29) is 12.0 Å². The van der Waals surface area contributed by atoms with Crippen molar-refractivity contribution in [2.75, 3.05) is 33.4 Å². The first kappa shape index (κ1) is 15.8. The molecule has 1 aromatic rings. The third kappa shape index (κ3) is 4.44. The van der Waals surface area contributed by atoms with Crippen molar-refractivity contribution in [1.82, 2.24) is 10.2 Å². The van der Waals surface area contributed by atoms with Gasteiger partial charge in [0.15, 0.2) is 0 Å². The maximum absolute atomic E-state index is 11.7. The molecular formula is C16H24N2O3. The van der Waals surface area contributed by atoms with Crippen molar-refractivity contribution in [2.24, 2.45) is 0 Å². The number of nitrogens with zero attached hydrogens (tertiary/aromatic N) is 1. The highest BCUT2D eigenvalue weighted by atomic mass is 16.5. The molecule has 0 spiro atoms. The summed E-state index contributed by atoms with van der Waals surface area (Å²) in [6.45, 7) is 5.99. The smallest absolute Gasteiger partial charge is 0.322 e. The number of methoxy groups -OCH3 is 1. The number of hydrogen-bond acceptors (Lipinski definition) is 5. The molecule has 0 saturated carbocycles. The molecule has 0 fully saturated rings. The Balaban J connectivity index is 1.92. The van der Waals surface area contributed by atoms with Gasteiger partial charge in [-0.2, -0.15) is 0 Å². The van der Waals surface area contributed by atoms with Gasteiger partial charge in [0.25, 0.3) is 0 Å². The fraction of sp³-hybridized carbons (Fsp3) is 0.562. The van der Waals surface area contributed by atoms with Gasteiger partial charge in [0, 0.05) is 25.2 Å². The number of nitrogens with one attached hydrogen (secondary N) is 1. The largest absolute Gasteiger partial charge is 0.492 e. The van der Waals surface area contributed by atoms with Crippen molar-refractivity contribution in [1.29, 1.82) is 0 Å². The molecule has 1 unspecified atom stereocenters. The number of hydrogen-bond donors (Lipinski definition) is 1. The molecule has 0 bridgehead atoms. The maximum Gasteiger partial charge on any atom is 0.322 e. The van der Waals surface area contributed by atoms with Crippen LogP contribution in [0.25, 0.3) is 0 Å². The molecular weight excluding hydrogens is 268 g/mol. The van der Waals surface area contributed by atoms with Gasteiger partial charge in [-0.1, -0.05) is 25.1 Å². The number of para-hydroxylation sites is 1. The minimum absolute atomic E-state index is 0.191. The monoisotopic (exact) mass is 292 g/mol. The Morgan fingerprint density at radius 2 is 2.29 bits per heavy atom. The number of fused-ring (bicyclic) bond motifs is 1. The van der Waals surface area contributed by atoms with Gasteiger partial charge in [0.2, 0.25) is 0 Å². The van der Waals surface area contributed by atoms with Gasteiger partial charge in [-0.25, -0.2) is 0 Å². The average molecular weight is 292 g/mol. The number of esters is 1. The van der Waals surface area contributed by atoms with Crippen LogP contribution in [-0.4, -0.2) is 50.3 Å². The summed E-state index contributed by atoms with van der Waals surface area (Å²) in [7, 11) is 1.43. The summed E-state index contributed by atoms with van der Waals surface area (Å²) in [6.07, 6.45) is 0.739. The topological polar surface area (TPSA) is 50.8 Å². The van der Waals surface area contributed by atoms with Gasteiger partial charge in [-0.15, -0.1) is 0 Å². The third-order valence-electron chi connectivity index (χ3n) is 3.70. The van der Waals surface area contributed by atoms with Crippen molar-refractivity contribution in [3.63, 3.8) is 0 Å². The van der Waals surface area contributed by atoms with Crippen LogP contribution in [0.3, 0.4) is 0 Å². The first-order chi connectivity index (χ1) is 10.2. The standard InChI is InChI=1S/C16H24N2O3/c1-3-17-14(16(19)20-2)8-9-18-10-11-21-15-7-5-4-6-13(15)12-18/h4-7,14,17H,3,8-12H2,1-2H3. The first-order valence-corrected chi connectivity index (χ1v) is 7.49. The molecule has 5 nitrogen and oxygen atoms in total. The molecule has 1 aliphatic heterocycles. The van der Waals surface area contributed by atoms with Gasteiger partial charge in [-0.3, -0.25) is 9.69 Å². The van der Waals surface area contributed by atoms with Crippen LogP contribution in [0.5, 0.6) is 5.75 Å². The van der Waals surface area contributed by atoms with E-state index in [9.17, 15) is 4.79 Å². The number of rotatable bonds is 6. The van der Waals surface area contributed by atoms with Crippen LogP contribution in [0.2, 0.25) is 0 Å². The minimum Gasteiger partial charge on any atom is -0.492 e. The van der Waals surface area contributed by atoms with Crippen LogP contribution in [-0.2, 0) is 16.1 Å². The molecule has 1 N–H and O–H groups in total. The second kappa shape index (κ2) is 8.00. The Labute approximate surface area is 126 Å². The van der Waals surface area contributed by atoms with E-state index >= 15 is 0 Å². The SMILES string of the molecule is CCNC(CCN1CCOc2ccccc2C1)C(=O)OC. The van der Waals surface area contributed by atoms with Crippen molar-refractivity contribution >= 4 is 5.97 Å². The van der Waals surface area contributed by atoms with Crippen LogP contribution >= 0.6 is 0 Å².